The fraction of sp³-hybridized carbons (Fsp3) is 0.154. The molecule has 208 valence electrons. The summed E-state index contributed by atoms with van der Waals surface area (Å²) in [4.78, 5) is 0. The second-order valence-corrected chi connectivity index (χ2v) is 11.6. The number of fused-ring (bicyclic) bond motifs is 4. The van der Waals surface area contributed by atoms with Crippen molar-refractivity contribution in [3.05, 3.63) is 155 Å². The second-order valence-electron chi connectivity index (χ2n) is 11.6. The third-order valence-corrected chi connectivity index (χ3v) is 8.63. The molecule has 0 spiro atoms. The van der Waals surface area contributed by atoms with Crippen LogP contribution in [0.25, 0.3) is 33.2 Å². The number of allylic oxidation sites excluding steroid dienone is 3. The van der Waals surface area contributed by atoms with Crippen LogP contribution in [0.2, 0.25) is 0 Å². The monoisotopic (exact) mass is 547 g/mol. The topological polar surface area (TPSA) is 61.9 Å². The van der Waals surface area contributed by atoms with Crippen LogP contribution in [-0.4, -0.2) is 6.21 Å². The smallest absolute Gasteiger partial charge is 0.101 e. The highest BCUT2D eigenvalue weighted by molar-refractivity contribution is 5.97. The Morgan fingerprint density at radius 2 is 1.48 bits per heavy atom. The summed E-state index contributed by atoms with van der Waals surface area (Å²) in [5.41, 5.74) is 18.6. The van der Waals surface area contributed by atoms with Gasteiger partial charge in [0.15, 0.2) is 0 Å². The van der Waals surface area contributed by atoms with Crippen molar-refractivity contribution in [1.82, 2.24) is 5.32 Å². The zero-order valence-corrected chi connectivity index (χ0v) is 24.5. The maximum Gasteiger partial charge on any atom is 0.101 e. The molecule has 0 aromatic heterocycles. The molecule has 5 aromatic rings. The first-order chi connectivity index (χ1) is 20.4. The van der Waals surface area contributed by atoms with E-state index in [1.807, 2.05) is 24.3 Å². The molecule has 4 N–H and O–H groups in total. The third-order valence-electron chi connectivity index (χ3n) is 8.63. The molecule has 0 radical (unpaired) electrons. The molecule has 0 aliphatic heterocycles. The number of nitrogens with one attached hydrogen (secondary N) is 2. The quantitative estimate of drug-likeness (QED) is 0.134. The molecule has 6 rings (SSSR count). The van der Waals surface area contributed by atoms with Gasteiger partial charge in [-0.1, -0.05) is 117 Å². The van der Waals surface area contributed by atoms with E-state index in [0.717, 1.165) is 34.4 Å². The van der Waals surface area contributed by atoms with E-state index in [4.69, 9.17) is 11.1 Å². The van der Waals surface area contributed by atoms with E-state index in [1.54, 1.807) is 0 Å². The third kappa shape index (κ3) is 4.97. The van der Waals surface area contributed by atoms with Gasteiger partial charge < -0.3 is 16.5 Å². The van der Waals surface area contributed by atoms with Crippen molar-refractivity contribution in [2.24, 2.45) is 5.73 Å². The normalized spacial score (nSPS) is 14.8. The van der Waals surface area contributed by atoms with Crippen molar-refractivity contribution in [2.75, 3.05) is 0 Å². The lowest BCUT2D eigenvalue weighted by atomic mass is 9.81. The SMILES string of the molecule is C/C(=C\C=N)c1ccccc1C/C=C(\NC(N)c1ccccc1)c1cccc2c1-c1cc3ccccc3cc1C2(C)C. The van der Waals surface area contributed by atoms with Crippen molar-refractivity contribution in [1.29, 1.82) is 5.41 Å². The Morgan fingerprint density at radius 3 is 2.24 bits per heavy atom. The van der Waals surface area contributed by atoms with Gasteiger partial charge in [0.2, 0.25) is 0 Å². The molecule has 3 nitrogen and oxygen atoms in total. The summed E-state index contributed by atoms with van der Waals surface area (Å²) >= 11 is 0. The van der Waals surface area contributed by atoms with Gasteiger partial charge in [0.05, 0.1) is 0 Å². The molecular weight excluding hydrogens is 510 g/mol. The standard InChI is InChI=1S/C39H37N3/c1-26(22-23-40)31-17-10-9-12-27(31)20-21-36(42-38(41)28-13-5-4-6-14-28)32-18-11-19-34-37(32)33-24-29-15-7-8-16-30(29)25-35(33)39(34,2)3/h4-19,21-25,38,40,42H,20,41H2,1-3H3/b26-22+,36-21-,40-23?. The maximum atomic E-state index is 7.57. The van der Waals surface area contributed by atoms with Crippen molar-refractivity contribution < 1.29 is 0 Å². The van der Waals surface area contributed by atoms with Gasteiger partial charge in [-0.2, -0.15) is 0 Å². The highest BCUT2D eigenvalue weighted by Crippen LogP contribution is 2.52. The lowest BCUT2D eigenvalue weighted by Crippen LogP contribution is -2.28. The molecule has 1 unspecified atom stereocenters. The van der Waals surface area contributed by atoms with Gasteiger partial charge in [0.1, 0.15) is 6.17 Å². The molecular formula is C39H37N3. The molecule has 1 aliphatic carbocycles. The summed E-state index contributed by atoms with van der Waals surface area (Å²) in [5, 5.41) is 13.8. The molecule has 3 heteroatoms. The maximum absolute atomic E-state index is 7.57. The average Bonchev–Trinajstić information content (AvgIpc) is 3.24. The molecule has 42 heavy (non-hydrogen) atoms. The van der Waals surface area contributed by atoms with E-state index in [2.05, 4.69) is 123 Å². The number of benzene rings is 5. The Kier molecular flexibility index (Phi) is 7.36. The van der Waals surface area contributed by atoms with Crippen LogP contribution in [-0.2, 0) is 11.8 Å². The van der Waals surface area contributed by atoms with Crippen LogP contribution < -0.4 is 11.1 Å². The minimum Gasteiger partial charge on any atom is -0.366 e. The summed E-state index contributed by atoms with van der Waals surface area (Å²) in [6.07, 6.45) is 5.83. The van der Waals surface area contributed by atoms with E-state index in [9.17, 15) is 0 Å². The molecule has 1 atom stereocenters. The molecule has 0 fully saturated rings. The molecule has 1 aliphatic rings. The first kappa shape index (κ1) is 27.4. The number of hydrogen-bond acceptors (Lipinski definition) is 3. The minimum absolute atomic E-state index is 0.126. The zero-order valence-electron chi connectivity index (χ0n) is 24.5. The van der Waals surface area contributed by atoms with Gasteiger partial charge in [-0.05, 0) is 86.8 Å². The number of nitrogens with two attached hydrogens (primary N) is 1. The van der Waals surface area contributed by atoms with E-state index in [1.165, 1.54) is 44.8 Å². The molecule has 0 heterocycles. The number of hydrogen-bond donors (Lipinski definition) is 3. The van der Waals surface area contributed by atoms with Gasteiger partial charge >= 0.3 is 0 Å². The Balaban J connectivity index is 1.52. The summed E-state index contributed by atoms with van der Waals surface area (Å²) in [7, 11) is 0. The highest BCUT2D eigenvalue weighted by atomic mass is 15.0. The van der Waals surface area contributed by atoms with E-state index in [0.29, 0.717) is 0 Å². The van der Waals surface area contributed by atoms with E-state index >= 15 is 0 Å². The van der Waals surface area contributed by atoms with Crippen molar-refractivity contribution in [3.8, 4) is 11.1 Å². The van der Waals surface area contributed by atoms with Gasteiger partial charge in [0.25, 0.3) is 0 Å². The zero-order chi connectivity index (χ0) is 29.3. The second kappa shape index (κ2) is 11.3. The molecule has 0 amide bonds. The predicted octanol–water partition coefficient (Wildman–Crippen LogP) is 9.03. The van der Waals surface area contributed by atoms with Gasteiger partial charge in [-0.15, -0.1) is 0 Å². The molecule has 0 saturated carbocycles. The Hall–Kier alpha value is -4.73. The fourth-order valence-electron chi connectivity index (χ4n) is 6.36. The fourth-order valence-corrected chi connectivity index (χ4v) is 6.36. The molecule has 5 aromatic carbocycles. The predicted molar refractivity (Wildman–Crippen MR) is 179 cm³/mol. The van der Waals surface area contributed by atoms with Gasteiger partial charge in [0, 0.05) is 22.9 Å². The van der Waals surface area contributed by atoms with Crippen LogP contribution in [0.15, 0.2) is 121 Å². The van der Waals surface area contributed by atoms with Crippen LogP contribution in [0.1, 0.15) is 60.3 Å². The van der Waals surface area contributed by atoms with Crippen LogP contribution >= 0.6 is 0 Å². The van der Waals surface area contributed by atoms with Gasteiger partial charge in [-0.3, -0.25) is 0 Å². The van der Waals surface area contributed by atoms with Crippen LogP contribution in [0.3, 0.4) is 0 Å². The Morgan fingerprint density at radius 1 is 0.810 bits per heavy atom. The van der Waals surface area contributed by atoms with Crippen LogP contribution in [0, 0.1) is 5.41 Å². The van der Waals surface area contributed by atoms with E-state index in [-0.39, 0.29) is 11.6 Å². The first-order valence-electron chi connectivity index (χ1n) is 14.6. The Labute approximate surface area is 248 Å². The van der Waals surface area contributed by atoms with Crippen LogP contribution in [0.5, 0.6) is 0 Å². The van der Waals surface area contributed by atoms with Crippen molar-refractivity contribution in [2.45, 2.75) is 38.8 Å². The Bertz CT molecular complexity index is 1840. The highest BCUT2D eigenvalue weighted by Gasteiger charge is 2.37. The summed E-state index contributed by atoms with van der Waals surface area (Å²) < 4.78 is 0. The first-order valence-corrected chi connectivity index (χ1v) is 14.6. The summed E-state index contributed by atoms with van der Waals surface area (Å²) in [6.45, 7) is 6.72. The molecule has 0 saturated heterocycles. The lowest BCUT2D eigenvalue weighted by Gasteiger charge is -2.23. The number of rotatable bonds is 8. The largest absolute Gasteiger partial charge is 0.366 e. The minimum atomic E-state index is -0.367. The van der Waals surface area contributed by atoms with E-state index < -0.39 is 0 Å². The van der Waals surface area contributed by atoms with Crippen LogP contribution in [0.4, 0.5) is 0 Å². The average molecular weight is 548 g/mol. The summed E-state index contributed by atoms with van der Waals surface area (Å²) in [6, 6.07) is 38.7. The van der Waals surface area contributed by atoms with Gasteiger partial charge in [-0.25, -0.2) is 0 Å². The van der Waals surface area contributed by atoms with Crippen molar-refractivity contribution >= 4 is 28.3 Å². The summed E-state index contributed by atoms with van der Waals surface area (Å²) in [5.74, 6) is 0. The lowest BCUT2D eigenvalue weighted by molar-refractivity contribution is 0.659. The van der Waals surface area contributed by atoms with Crippen molar-refractivity contribution in [3.63, 3.8) is 0 Å². The molecule has 0 bridgehead atoms.